The summed E-state index contributed by atoms with van der Waals surface area (Å²) in [6.07, 6.45) is 1.80. The number of rotatable bonds is 6. The molecule has 8 nitrogen and oxygen atoms in total. The first-order valence-electron chi connectivity index (χ1n) is 7.50. The summed E-state index contributed by atoms with van der Waals surface area (Å²) in [5.41, 5.74) is 1.25. The third kappa shape index (κ3) is 4.91. The summed E-state index contributed by atoms with van der Waals surface area (Å²) in [5.74, 6) is 1.15. The molecule has 0 aliphatic carbocycles. The van der Waals surface area contributed by atoms with Crippen LogP contribution in [-0.4, -0.2) is 46.3 Å². The van der Waals surface area contributed by atoms with Crippen LogP contribution in [0.25, 0.3) is 0 Å². The highest BCUT2D eigenvalue weighted by Crippen LogP contribution is 2.28. The van der Waals surface area contributed by atoms with E-state index in [0.29, 0.717) is 12.5 Å². The van der Waals surface area contributed by atoms with Gasteiger partial charge in [-0.05, 0) is 5.56 Å². The van der Waals surface area contributed by atoms with Gasteiger partial charge in [-0.3, -0.25) is 0 Å². The standard InChI is InChI=1S/C15H17N5O3S2/c1-18-10-23-11-19(14(18)17-20(21)22)8-13-7-16-15(25-13)24-9-12-5-3-2-4-6-12/h2-7H,8-11H2,1H3. The molecule has 0 saturated carbocycles. The zero-order chi connectivity index (χ0) is 17.6. The quantitative estimate of drug-likeness (QED) is 0.433. The predicted molar refractivity (Wildman–Crippen MR) is 96.7 cm³/mol. The van der Waals surface area contributed by atoms with Crippen LogP contribution >= 0.6 is 23.1 Å². The van der Waals surface area contributed by atoms with Crippen molar-refractivity contribution < 1.29 is 9.77 Å². The number of nitro groups is 1. The minimum Gasteiger partial charge on any atom is -0.341 e. The van der Waals surface area contributed by atoms with Crippen LogP contribution in [0.4, 0.5) is 0 Å². The molecule has 3 rings (SSSR count). The van der Waals surface area contributed by atoms with Crippen LogP contribution in [0.2, 0.25) is 0 Å². The molecular weight excluding hydrogens is 362 g/mol. The topological polar surface area (TPSA) is 84.1 Å². The average molecular weight is 379 g/mol. The zero-order valence-electron chi connectivity index (χ0n) is 13.6. The number of hydrogen-bond acceptors (Lipinski definition) is 6. The third-order valence-electron chi connectivity index (χ3n) is 3.41. The zero-order valence-corrected chi connectivity index (χ0v) is 15.2. The van der Waals surface area contributed by atoms with Crippen molar-refractivity contribution in [2.45, 2.75) is 16.6 Å². The van der Waals surface area contributed by atoms with E-state index in [2.05, 4.69) is 22.2 Å². The number of guanidine groups is 1. The summed E-state index contributed by atoms with van der Waals surface area (Å²) in [5, 5.41) is 13.5. The van der Waals surface area contributed by atoms with Crippen molar-refractivity contribution in [2.24, 2.45) is 5.10 Å². The summed E-state index contributed by atoms with van der Waals surface area (Å²) < 4.78 is 6.39. The van der Waals surface area contributed by atoms with Gasteiger partial charge in [0.15, 0.2) is 5.03 Å². The summed E-state index contributed by atoms with van der Waals surface area (Å²) in [6.45, 7) is 1.02. The number of aromatic nitrogens is 1. The van der Waals surface area contributed by atoms with E-state index in [1.165, 1.54) is 5.56 Å². The monoisotopic (exact) mass is 379 g/mol. The lowest BCUT2D eigenvalue weighted by Crippen LogP contribution is -2.49. The highest BCUT2D eigenvalue weighted by Gasteiger charge is 2.25. The summed E-state index contributed by atoms with van der Waals surface area (Å²) in [4.78, 5) is 19.5. The van der Waals surface area contributed by atoms with Crippen molar-refractivity contribution in [3.8, 4) is 0 Å². The predicted octanol–water partition coefficient (Wildman–Crippen LogP) is 2.66. The molecule has 2 heterocycles. The van der Waals surface area contributed by atoms with Crippen LogP contribution in [0, 0.1) is 10.1 Å². The van der Waals surface area contributed by atoms with E-state index in [9.17, 15) is 10.1 Å². The first-order valence-corrected chi connectivity index (χ1v) is 9.30. The largest absolute Gasteiger partial charge is 0.341 e. The van der Waals surface area contributed by atoms with Crippen LogP contribution in [0.15, 0.2) is 46.0 Å². The number of nitrogens with zero attached hydrogens (tertiary/aromatic N) is 5. The van der Waals surface area contributed by atoms with E-state index in [0.717, 1.165) is 15.0 Å². The van der Waals surface area contributed by atoms with E-state index in [1.54, 1.807) is 46.1 Å². The number of hydrazone groups is 1. The van der Waals surface area contributed by atoms with Crippen LogP contribution in [0.1, 0.15) is 10.4 Å². The van der Waals surface area contributed by atoms with Gasteiger partial charge in [-0.15, -0.1) is 11.3 Å². The highest BCUT2D eigenvalue weighted by atomic mass is 32.2. The van der Waals surface area contributed by atoms with Crippen LogP contribution in [0.5, 0.6) is 0 Å². The van der Waals surface area contributed by atoms with Gasteiger partial charge in [0.25, 0.3) is 5.96 Å². The summed E-state index contributed by atoms with van der Waals surface area (Å²) >= 11 is 3.26. The van der Waals surface area contributed by atoms with Gasteiger partial charge in [0.1, 0.15) is 22.9 Å². The molecule has 1 fully saturated rings. The lowest BCUT2D eigenvalue weighted by molar-refractivity contribution is -0.486. The molecular formula is C15H17N5O3S2. The van der Waals surface area contributed by atoms with Crippen LogP contribution in [0.3, 0.4) is 0 Å². The van der Waals surface area contributed by atoms with Gasteiger partial charge < -0.3 is 14.5 Å². The number of thioether (sulfide) groups is 1. The maximum absolute atomic E-state index is 10.7. The van der Waals surface area contributed by atoms with Gasteiger partial charge >= 0.3 is 0 Å². The van der Waals surface area contributed by atoms with Gasteiger partial charge in [-0.2, -0.15) is 0 Å². The number of benzene rings is 1. The molecule has 0 unspecified atom stereocenters. The van der Waals surface area contributed by atoms with E-state index in [-0.39, 0.29) is 13.5 Å². The number of ether oxygens (including phenoxy) is 1. The van der Waals surface area contributed by atoms with Crippen LogP contribution < -0.4 is 0 Å². The molecule has 0 spiro atoms. The molecule has 1 saturated heterocycles. The van der Waals surface area contributed by atoms with E-state index in [1.807, 2.05) is 18.2 Å². The summed E-state index contributed by atoms with van der Waals surface area (Å²) in [6, 6.07) is 10.2. The first kappa shape index (κ1) is 17.6. The minimum atomic E-state index is -0.683. The van der Waals surface area contributed by atoms with Gasteiger partial charge in [0.2, 0.25) is 0 Å². The molecule has 0 N–H and O–H groups in total. The van der Waals surface area contributed by atoms with Crippen molar-refractivity contribution in [1.82, 2.24) is 14.8 Å². The number of hydrogen-bond donors (Lipinski definition) is 0. The van der Waals surface area contributed by atoms with E-state index in [4.69, 9.17) is 4.74 Å². The molecule has 132 valence electrons. The maximum atomic E-state index is 10.7. The lowest BCUT2D eigenvalue weighted by atomic mass is 10.2. The van der Waals surface area contributed by atoms with Gasteiger partial charge in [0.05, 0.1) is 6.54 Å². The Balaban J connectivity index is 1.63. The molecule has 2 aromatic rings. The SMILES string of the molecule is CN1COCN(Cc2cnc(SCc3ccccc3)s2)C1=N[N+](=O)[O-]. The lowest BCUT2D eigenvalue weighted by Gasteiger charge is -2.34. The van der Waals surface area contributed by atoms with Gasteiger partial charge in [-0.1, -0.05) is 42.1 Å². The molecule has 0 radical (unpaired) electrons. The Bertz CT molecular complexity index is 753. The van der Waals surface area contributed by atoms with Gasteiger partial charge in [-0.25, -0.2) is 15.1 Å². The molecule has 0 atom stereocenters. The molecule has 1 aromatic carbocycles. The van der Waals surface area contributed by atoms with Crippen molar-refractivity contribution in [2.75, 3.05) is 20.5 Å². The van der Waals surface area contributed by atoms with E-state index < -0.39 is 5.03 Å². The van der Waals surface area contributed by atoms with Crippen molar-refractivity contribution in [3.05, 3.63) is 57.1 Å². The smallest absolute Gasteiger partial charge is 0.277 e. The average Bonchev–Trinajstić information content (AvgIpc) is 3.04. The summed E-state index contributed by atoms with van der Waals surface area (Å²) in [7, 11) is 1.71. The Kier molecular flexibility index (Phi) is 5.84. The fourth-order valence-corrected chi connectivity index (χ4v) is 4.31. The normalized spacial score (nSPS) is 16.4. The molecule has 0 amide bonds. The van der Waals surface area contributed by atoms with Crippen molar-refractivity contribution in [1.29, 1.82) is 0 Å². The Morgan fingerprint density at radius 3 is 2.96 bits per heavy atom. The van der Waals surface area contributed by atoms with Crippen molar-refractivity contribution >= 4 is 29.1 Å². The number of thiazole rings is 1. The first-order chi connectivity index (χ1) is 12.1. The minimum absolute atomic E-state index is 0.265. The molecule has 25 heavy (non-hydrogen) atoms. The van der Waals surface area contributed by atoms with E-state index >= 15 is 0 Å². The second-order valence-electron chi connectivity index (χ2n) is 5.36. The molecule has 1 aliphatic heterocycles. The van der Waals surface area contributed by atoms with Crippen LogP contribution in [-0.2, 0) is 17.0 Å². The Morgan fingerprint density at radius 1 is 1.40 bits per heavy atom. The molecule has 0 bridgehead atoms. The van der Waals surface area contributed by atoms with Gasteiger partial charge in [0, 0.05) is 23.9 Å². The molecule has 1 aromatic heterocycles. The second-order valence-corrected chi connectivity index (χ2v) is 7.70. The third-order valence-corrected chi connectivity index (χ3v) is 5.62. The Hall–Kier alpha value is -2.17. The second kappa shape index (κ2) is 8.28. The van der Waals surface area contributed by atoms with Crippen molar-refractivity contribution in [3.63, 3.8) is 0 Å². The fraction of sp³-hybridized carbons (Fsp3) is 0.333. The maximum Gasteiger partial charge on any atom is 0.277 e. The molecule has 1 aliphatic rings. The Morgan fingerprint density at radius 2 is 2.20 bits per heavy atom. The molecule has 10 heteroatoms. The fourth-order valence-electron chi connectivity index (χ4n) is 2.31. The highest BCUT2D eigenvalue weighted by molar-refractivity contribution is 8.00. The Labute approximate surface area is 153 Å².